The van der Waals surface area contributed by atoms with E-state index in [0.29, 0.717) is 0 Å². The van der Waals surface area contributed by atoms with Crippen LogP contribution in [0.2, 0.25) is 0 Å². The lowest BCUT2D eigenvalue weighted by atomic mass is 9.67. The van der Waals surface area contributed by atoms with Gasteiger partial charge in [-0.3, -0.25) is 0 Å². The zero-order valence-electron chi connectivity index (χ0n) is 93.1. The van der Waals surface area contributed by atoms with Gasteiger partial charge in [0.05, 0.1) is 10.8 Å². The average Bonchev–Trinajstić information content (AvgIpc) is 1.53. The second kappa shape index (κ2) is 60.1. The summed E-state index contributed by atoms with van der Waals surface area (Å²) in [5, 5.41) is 10.5. The van der Waals surface area contributed by atoms with Crippen LogP contribution in [-0.4, -0.2) is 0 Å². The molecule has 0 heteroatoms. The highest BCUT2D eigenvalue weighted by Crippen LogP contribution is 2.61. The van der Waals surface area contributed by atoms with Crippen molar-refractivity contribution < 1.29 is 0 Å². The van der Waals surface area contributed by atoms with E-state index in [1.165, 1.54) is 221 Å². The third-order valence-electron chi connectivity index (χ3n) is 24.7. The summed E-state index contributed by atoms with van der Waals surface area (Å²) in [5.74, 6) is 0. The maximum absolute atomic E-state index is 2.52. The number of hydrogen-bond donors (Lipinski definition) is 0. The third-order valence-corrected chi connectivity index (χ3v) is 24.7. The molecule has 22 rings (SSSR count). The van der Waals surface area contributed by atoms with Gasteiger partial charge < -0.3 is 0 Å². The van der Waals surface area contributed by atoms with Gasteiger partial charge in [0.15, 0.2) is 0 Å². The zero-order chi connectivity index (χ0) is 104. The van der Waals surface area contributed by atoms with Crippen molar-refractivity contribution in [1.29, 1.82) is 0 Å². The zero-order valence-corrected chi connectivity index (χ0v) is 93.1. The second-order valence-corrected chi connectivity index (χ2v) is 31.9. The minimum absolute atomic E-state index is 0.333. The van der Waals surface area contributed by atoms with Crippen molar-refractivity contribution in [1.82, 2.24) is 0 Å². The van der Waals surface area contributed by atoms with Crippen molar-refractivity contribution in [2.45, 2.75) is 273 Å². The SMILES string of the molecule is CC.CC.CC.CC.CC.CC.CC.CC.CC.CC.CC.CC.CC.CC.Cc1ccc(C2(c3ccc(C)cc3)c3ccccc3-c3cc4c(cc32)-c2ccccc2C4)cc1.Cc1ccc2c(-c3cccc4cc(C)ccc34)cccc2c1.Cc1ccc2ccccc2c1-c1c(C)ccc2ccccc12.Cc1cccc(C2(c3cccc(C)c3)c3ccccc3-c3cc4c(cc32)-c2ccccc2C4)c1. The van der Waals surface area contributed by atoms with Gasteiger partial charge in [-0.1, -0.05) is 567 Å². The Morgan fingerprint density at radius 2 is 0.429 bits per heavy atom. The first-order valence-electron chi connectivity index (χ1n) is 53.8. The number of aryl methyl sites for hydroxylation is 8. The van der Waals surface area contributed by atoms with Gasteiger partial charge >= 0.3 is 0 Å². The Morgan fingerprint density at radius 3 is 0.779 bits per heavy atom. The number of rotatable bonds is 6. The molecule has 0 amide bonds. The van der Waals surface area contributed by atoms with Gasteiger partial charge in [0.1, 0.15) is 0 Å². The summed E-state index contributed by atoms with van der Waals surface area (Å²) in [7, 11) is 0. The Labute approximate surface area is 852 Å². The smallest absolute Gasteiger partial charge is 0.0683 e. The van der Waals surface area contributed by atoms with E-state index >= 15 is 0 Å². The molecule has 4 aliphatic carbocycles. The standard InChI is InChI=1S/2C34H26.2C22H18.14C2H6/c1-22-9-7-12-26(17-22)34(27-13-8-10-23(2)18-27)32-16-6-5-15-29(32)31-20-25-19-24-11-3-4-14-28(24)30(25)21-33(31)34;1-22-11-15-26(16-12-22)34(27-17-13-23(2)14-18-27)32-10-6-5-9-29(32)31-20-25-19-24-7-3-4-8-28(24)30(25)21-33(31)34;1-15-9-11-19-17(13-15)5-3-7-21(19)22-8-4-6-18-14-16(2)10-12-20(18)22;1-15-11-13-17-7-3-5-9-19(17)21(15)22-16(2)12-14-18-8-4-6-10-20(18)22;14*1-2/h2*3-18,20-21H,19H2,1-2H3;2*3-14H,1-2H3;14*1-2H3. The van der Waals surface area contributed by atoms with Crippen LogP contribution in [0, 0.1) is 55.4 Å². The average molecular weight is 1850 g/mol. The van der Waals surface area contributed by atoms with E-state index in [2.05, 4.69) is 419 Å². The van der Waals surface area contributed by atoms with E-state index in [9.17, 15) is 0 Å². The van der Waals surface area contributed by atoms with E-state index < -0.39 is 0 Å². The summed E-state index contributed by atoms with van der Waals surface area (Å²) >= 11 is 0. The molecule has 4 aliphatic rings. The molecule has 0 saturated heterocycles. The minimum atomic E-state index is -0.337. The first-order chi connectivity index (χ1) is 68.8. The van der Waals surface area contributed by atoms with Crippen molar-refractivity contribution in [3.63, 3.8) is 0 Å². The highest BCUT2D eigenvalue weighted by Gasteiger charge is 2.49. The summed E-state index contributed by atoms with van der Waals surface area (Å²) in [6.07, 6.45) is 2.03. The van der Waals surface area contributed by atoms with Crippen LogP contribution in [0.4, 0.5) is 0 Å². The molecule has 0 saturated carbocycles. The van der Waals surface area contributed by atoms with Gasteiger partial charge in [0, 0.05) is 0 Å². The highest BCUT2D eigenvalue weighted by atomic mass is 14.5. The summed E-state index contributed by atoms with van der Waals surface area (Å²) in [6, 6.07) is 135. The molecule has 18 aromatic carbocycles. The van der Waals surface area contributed by atoms with Gasteiger partial charge in [-0.2, -0.15) is 0 Å². The molecule has 0 heterocycles. The first kappa shape index (κ1) is 117. The second-order valence-electron chi connectivity index (χ2n) is 31.9. The summed E-state index contributed by atoms with van der Waals surface area (Å²) in [6.45, 7) is 73.5. The molecule has 0 N–H and O–H groups in total. The van der Waals surface area contributed by atoms with Crippen LogP contribution < -0.4 is 0 Å². The topological polar surface area (TPSA) is 0 Å². The molecule has 0 nitrogen and oxygen atoms in total. The fourth-order valence-electron chi connectivity index (χ4n) is 19.5. The van der Waals surface area contributed by atoms with Crippen LogP contribution in [-0.2, 0) is 23.7 Å². The predicted octanol–water partition coefficient (Wildman–Crippen LogP) is 43.4. The van der Waals surface area contributed by atoms with E-state index in [1.807, 2.05) is 194 Å². The predicted molar refractivity (Wildman–Crippen MR) is 635 cm³/mol. The third kappa shape index (κ3) is 25.0. The van der Waals surface area contributed by atoms with E-state index in [0.717, 1.165) is 12.8 Å². The summed E-state index contributed by atoms with van der Waals surface area (Å²) in [5.41, 5.74) is 42.9. The first-order valence-corrected chi connectivity index (χ1v) is 53.8. The van der Waals surface area contributed by atoms with Gasteiger partial charge in [0.25, 0.3) is 0 Å². The Hall–Kier alpha value is -13.0. The van der Waals surface area contributed by atoms with Gasteiger partial charge in [-0.05, 0) is 280 Å². The molecule has 0 unspecified atom stereocenters. The van der Waals surface area contributed by atoms with Crippen molar-refractivity contribution in [3.05, 3.63) is 475 Å². The molecule has 18 aromatic rings. The van der Waals surface area contributed by atoms with Crippen molar-refractivity contribution in [3.8, 4) is 66.8 Å². The molecule has 0 aliphatic heterocycles. The van der Waals surface area contributed by atoms with Crippen LogP contribution in [0.1, 0.15) is 305 Å². The summed E-state index contributed by atoms with van der Waals surface area (Å²) in [4.78, 5) is 0. The molecule has 732 valence electrons. The quantitative estimate of drug-likeness (QED) is 0.156. The molecule has 0 radical (unpaired) electrons. The van der Waals surface area contributed by atoms with Crippen LogP contribution in [0.15, 0.2) is 364 Å². The minimum Gasteiger partial charge on any atom is -0.0683 e. The lowest BCUT2D eigenvalue weighted by Gasteiger charge is -2.34. The van der Waals surface area contributed by atoms with Crippen LogP contribution in [0.25, 0.3) is 110 Å². The maximum atomic E-state index is 2.52. The monoisotopic (exact) mass is 1850 g/mol. The Kier molecular flexibility index (Phi) is 50.4. The molecular formula is C140H172. The van der Waals surface area contributed by atoms with E-state index in [1.54, 1.807) is 0 Å². The van der Waals surface area contributed by atoms with Crippen LogP contribution in [0.5, 0.6) is 0 Å². The number of fused-ring (bicyclic) bond motifs is 16. The fourth-order valence-corrected chi connectivity index (χ4v) is 19.5. The highest BCUT2D eigenvalue weighted by molar-refractivity contribution is 6.09. The Balaban J connectivity index is 0.000000307. The molecule has 0 fully saturated rings. The Bertz CT molecular complexity index is 6510. The van der Waals surface area contributed by atoms with Gasteiger partial charge in [0.2, 0.25) is 0 Å². The van der Waals surface area contributed by atoms with Crippen molar-refractivity contribution in [2.24, 2.45) is 0 Å². The number of hydrogen-bond acceptors (Lipinski definition) is 0. The molecule has 0 aromatic heterocycles. The molecule has 0 atom stereocenters. The normalized spacial score (nSPS) is 11.1. The van der Waals surface area contributed by atoms with Crippen molar-refractivity contribution in [2.75, 3.05) is 0 Å². The van der Waals surface area contributed by atoms with Crippen LogP contribution in [0.3, 0.4) is 0 Å². The largest absolute Gasteiger partial charge is 0.0713 e. The fraction of sp³-hybridized carbons (Fsp3) is 0.286. The summed E-state index contributed by atoms with van der Waals surface area (Å²) < 4.78 is 0. The maximum Gasteiger partial charge on any atom is 0.0713 e. The molecule has 140 heavy (non-hydrogen) atoms. The van der Waals surface area contributed by atoms with Gasteiger partial charge in [-0.25, -0.2) is 0 Å². The molecule has 0 bridgehead atoms. The lowest BCUT2D eigenvalue weighted by Crippen LogP contribution is -2.29. The molecular weight excluding hydrogens is 1680 g/mol. The number of benzene rings is 18. The Morgan fingerprint density at radius 1 is 0.150 bits per heavy atom. The lowest BCUT2D eigenvalue weighted by molar-refractivity contribution is 0.766. The molecule has 0 spiro atoms. The van der Waals surface area contributed by atoms with Gasteiger partial charge in [-0.15, -0.1) is 0 Å². The van der Waals surface area contributed by atoms with E-state index in [4.69, 9.17) is 0 Å². The van der Waals surface area contributed by atoms with E-state index in [-0.39, 0.29) is 10.8 Å². The van der Waals surface area contributed by atoms with Crippen molar-refractivity contribution >= 4 is 43.1 Å². The van der Waals surface area contributed by atoms with Crippen LogP contribution >= 0.6 is 0 Å².